The van der Waals surface area contributed by atoms with Crippen LogP contribution in [0.4, 0.5) is 0 Å². The molecule has 0 saturated carbocycles. The Hall–Kier alpha value is -0.740. The quantitative estimate of drug-likeness (QED) is 0.610. The number of carbonyl (C=O) groups is 1. The minimum Gasteiger partial charge on any atom is -0.496 e. The Bertz CT molecular complexity index is 399. The van der Waals surface area contributed by atoms with Crippen LogP contribution in [-0.2, 0) is 0 Å². The number of halogens is 2. The largest absolute Gasteiger partial charge is 0.496 e. The molecule has 18 heavy (non-hydrogen) atoms. The standard InChI is InChI=1S/C13H17BrClNO2/c1-18-12-6-5-10(15)9-11(12)13(17)16-8-4-2-3-7-14/h5-6,9H,2-4,7-8H2,1H3,(H,16,17). The number of benzene rings is 1. The normalized spacial score (nSPS) is 10.2. The van der Waals surface area contributed by atoms with Gasteiger partial charge in [-0.25, -0.2) is 0 Å². The fourth-order valence-corrected chi connectivity index (χ4v) is 2.12. The maximum atomic E-state index is 12.0. The summed E-state index contributed by atoms with van der Waals surface area (Å²) in [6.07, 6.45) is 3.19. The average Bonchev–Trinajstić information content (AvgIpc) is 2.38. The maximum Gasteiger partial charge on any atom is 0.255 e. The molecule has 0 fully saturated rings. The molecule has 1 amide bonds. The lowest BCUT2D eigenvalue weighted by Gasteiger charge is -2.09. The van der Waals surface area contributed by atoms with Crippen LogP contribution in [0.1, 0.15) is 29.6 Å². The molecule has 0 spiro atoms. The first-order valence-electron chi connectivity index (χ1n) is 5.86. The molecule has 1 aromatic rings. The Labute approximate surface area is 121 Å². The number of ether oxygens (including phenoxy) is 1. The zero-order valence-electron chi connectivity index (χ0n) is 10.3. The van der Waals surface area contributed by atoms with Gasteiger partial charge in [-0.3, -0.25) is 4.79 Å². The lowest BCUT2D eigenvalue weighted by molar-refractivity contribution is 0.0950. The molecule has 1 rings (SSSR count). The van der Waals surface area contributed by atoms with Crippen LogP contribution in [0.5, 0.6) is 5.75 Å². The predicted molar refractivity (Wildman–Crippen MR) is 78.0 cm³/mol. The highest BCUT2D eigenvalue weighted by Crippen LogP contribution is 2.22. The predicted octanol–water partition coefficient (Wildman–Crippen LogP) is 3.64. The van der Waals surface area contributed by atoms with E-state index in [1.165, 1.54) is 7.11 Å². The van der Waals surface area contributed by atoms with Gasteiger partial charge in [-0.05, 0) is 31.0 Å². The summed E-state index contributed by atoms with van der Waals surface area (Å²) in [6, 6.07) is 5.02. The first kappa shape index (κ1) is 15.3. The number of nitrogens with one attached hydrogen (secondary N) is 1. The van der Waals surface area contributed by atoms with Crippen LogP contribution in [-0.4, -0.2) is 24.9 Å². The van der Waals surface area contributed by atoms with Crippen molar-refractivity contribution in [1.29, 1.82) is 0 Å². The molecule has 3 nitrogen and oxygen atoms in total. The minimum atomic E-state index is -0.145. The van der Waals surface area contributed by atoms with Gasteiger partial charge in [-0.2, -0.15) is 0 Å². The van der Waals surface area contributed by atoms with Crippen LogP contribution in [0.3, 0.4) is 0 Å². The van der Waals surface area contributed by atoms with Crippen LogP contribution in [0.2, 0.25) is 5.02 Å². The maximum absolute atomic E-state index is 12.0. The zero-order chi connectivity index (χ0) is 13.4. The van der Waals surface area contributed by atoms with Gasteiger partial charge >= 0.3 is 0 Å². The first-order valence-corrected chi connectivity index (χ1v) is 7.36. The summed E-state index contributed by atoms with van der Waals surface area (Å²) in [5.74, 6) is 0.394. The van der Waals surface area contributed by atoms with Gasteiger partial charge in [0.1, 0.15) is 5.75 Å². The van der Waals surface area contributed by atoms with Crippen molar-refractivity contribution in [2.45, 2.75) is 19.3 Å². The van der Waals surface area contributed by atoms with Crippen molar-refractivity contribution in [3.05, 3.63) is 28.8 Å². The second kappa shape index (κ2) is 8.38. The number of rotatable bonds is 7. The number of hydrogen-bond donors (Lipinski definition) is 1. The minimum absolute atomic E-state index is 0.145. The molecule has 0 heterocycles. The summed E-state index contributed by atoms with van der Waals surface area (Å²) >= 11 is 9.26. The van der Waals surface area contributed by atoms with E-state index in [1.54, 1.807) is 18.2 Å². The molecular weight excluding hydrogens is 318 g/mol. The smallest absolute Gasteiger partial charge is 0.255 e. The van der Waals surface area contributed by atoms with E-state index in [0.29, 0.717) is 22.9 Å². The third-order valence-corrected chi connectivity index (χ3v) is 3.30. The van der Waals surface area contributed by atoms with Crippen molar-refractivity contribution in [2.75, 3.05) is 19.0 Å². The summed E-state index contributed by atoms with van der Waals surface area (Å²) < 4.78 is 5.14. The SMILES string of the molecule is COc1ccc(Cl)cc1C(=O)NCCCCCBr. The molecule has 0 radical (unpaired) electrons. The fourth-order valence-electron chi connectivity index (χ4n) is 1.55. The second-order valence-electron chi connectivity index (χ2n) is 3.85. The van der Waals surface area contributed by atoms with E-state index in [9.17, 15) is 4.79 Å². The van der Waals surface area contributed by atoms with Gasteiger partial charge in [0.2, 0.25) is 0 Å². The summed E-state index contributed by atoms with van der Waals surface area (Å²) in [5.41, 5.74) is 0.477. The van der Waals surface area contributed by atoms with Gasteiger partial charge in [0.25, 0.3) is 5.91 Å². The third kappa shape index (κ3) is 4.86. The van der Waals surface area contributed by atoms with Crippen LogP contribution in [0.15, 0.2) is 18.2 Å². The third-order valence-electron chi connectivity index (χ3n) is 2.50. The Morgan fingerprint density at radius 1 is 1.39 bits per heavy atom. The van der Waals surface area contributed by atoms with E-state index in [0.717, 1.165) is 24.6 Å². The highest BCUT2D eigenvalue weighted by molar-refractivity contribution is 9.09. The van der Waals surface area contributed by atoms with Gasteiger partial charge in [0.05, 0.1) is 12.7 Å². The number of amides is 1. The van der Waals surface area contributed by atoms with Crippen molar-refractivity contribution < 1.29 is 9.53 Å². The van der Waals surface area contributed by atoms with E-state index in [4.69, 9.17) is 16.3 Å². The highest BCUT2D eigenvalue weighted by Gasteiger charge is 2.11. The summed E-state index contributed by atoms with van der Waals surface area (Å²) in [7, 11) is 1.54. The lowest BCUT2D eigenvalue weighted by atomic mass is 10.2. The van der Waals surface area contributed by atoms with Crippen LogP contribution < -0.4 is 10.1 Å². The van der Waals surface area contributed by atoms with Crippen LogP contribution >= 0.6 is 27.5 Å². The van der Waals surface area contributed by atoms with Gasteiger partial charge < -0.3 is 10.1 Å². The van der Waals surface area contributed by atoms with Crippen LogP contribution in [0, 0.1) is 0 Å². The number of unbranched alkanes of at least 4 members (excludes halogenated alkanes) is 2. The number of hydrogen-bond acceptors (Lipinski definition) is 2. The van der Waals surface area contributed by atoms with Crippen molar-refractivity contribution in [3.8, 4) is 5.75 Å². The number of methoxy groups -OCH3 is 1. The molecule has 5 heteroatoms. The Kier molecular flexibility index (Phi) is 7.13. The van der Waals surface area contributed by atoms with Gasteiger partial charge in [-0.1, -0.05) is 34.0 Å². The van der Waals surface area contributed by atoms with Gasteiger partial charge in [0, 0.05) is 16.9 Å². The van der Waals surface area contributed by atoms with Crippen LogP contribution in [0.25, 0.3) is 0 Å². The summed E-state index contributed by atoms with van der Waals surface area (Å²) in [5, 5.41) is 4.40. The van der Waals surface area contributed by atoms with Gasteiger partial charge in [0.15, 0.2) is 0 Å². The van der Waals surface area contributed by atoms with E-state index in [2.05, 4.69) is 21.2 Å². The molecule has 0 atom stereocenters. The fraction of sp³-hybridized carbons (Fsp3) is 0.462. The number of carbonyl (C=O) groups excluding carboxylic acids is 1. The van der Waals surface area contributed by atoms with Gasteiger partial charge in [-0.15, -0.1) is 0 Å². The first-order chi connectivity index (χ1) is 8.69. The summed E-state index contributed by atoms with van der Waals surface area (Å²) in [4.78, 5) is 12.0. The molecule has 0 aliphatic heterocycles. The van der Waals surface area contributed by atoms with Crippen molar-refractivity contribution >= 4 is 33.4 Å². The van der Waals surface area contributed by atoms with Crippen molar-refractivity contribution in [2.24, 2.45) is 0 Å². The average molecular weight is 335 g/mol. The Morgan fingerprint density at radius 2 is 2.17 bits per heavy atom. The number of alkyl halides is 1. The monoisotopic (exact) mass is 333 g/mol. The Morgan fingerprint density at radius 3 is 2.83 bits per heavy atom. The zero-order valence-corrected chi connectivity index (χ0v) is 12.7. The molecular formula is C13H17BrClNO2. The van der Waals surface area contributed by atoms with Crippen molar-refractivity contribution in [1.82, 2.24) is 5.32 Å². The second-order valence-corrected chi connectivity index (χ2v) is 5.08. The molecule has 100 valence electrons. The molecule has 1 N–H and O–H groups in total. The molecule has 1 aromatic carbocycles. The Balaban J connectivity index is 2.52. The van der Waals surface area contributed by atoms with E-state index < -0.39 is 0 Å². The lowest BCUT2D eigenvalue weighted by Crippen LogP contribution is -2.24. The van der Waals surface area contributed by atoms with E-state index in [-0.39, 0.29) is 5.91 Å². The molecule has 0 aliphatic rings. The molecule has 0 aliphatic carbocycles. The van der Waals surface area contributed by atoms with E-state index in [1.807, 2.05) is 0 Å². The topological polar surface area (TPSA) is 38.3 Å². The molecule has 0 aromatic heterocycles. The van der Waals surface area contributed by atoms with E-state index >= 15 is 0 Å². The molecule has 0 saturated heterocycles. The molecule has 0 unspecified atom stereocenters. The highest BCUT2D eigenvalue weighted by atomic mass is 79.9. The van der Waals surface area contributed by atoms with Crippen molar-refractivity contribution in [3.63, 3.8) is 0 Å². The molecule has 0 bridgehead atoms. The summed E-state index contributed by atoms with van der Waals surface area (Å²) in [6.45, 7) is 0.668.